The molecule has 0 unspecified atom stereocenters. The highest BCUT2D eigenvalue weighted by Gasteiger charge is 2.21. The lowest BCUT2D eigenvalue weighted by Crippen LogP contribution is -2.38. The second-order valence-corrected chi connectivity index (χ2v) is 7.07. The van der Waals surface area contributed by atoms with Crippen LogP contribution in [-0.2, 0) is 27.3 Å². The number of rotatable bonds is 5. The van der Waals surface area contributed by atoms with E-state index in [0.717, 1.165) is 16.9 Å². The van der Waals surface area contributed by atoms with E-state index in [1.165, 1.54) is 22.9 Å². The van der Waals surface area contributed by atoms with Gasteiger partial charge in [0.15, 0.2) is 6.61 Å². The molecule has 0 spiro atoms. The van der Waals surface area contributed by atoms with Crippen LogP contribution in [-0.4, -0.2) is 35.7 Å². The molecule has 0 aliphatic carbocycles. The summed E-state index contributed by atoms with van der Waals surface area (Å²) in [7, 11) is 0. The molecule has 2 aromatic carbocycles. The maximum atomic E-state index is 12.3. The Balaban J connectivity index is 1.45. The number of thioether (sulfide) groups is 1. The standard InChI is InChI=1S/C20H21NO3S/c1-15-6-2-5-9-18(15)25-14-20(23)24-13-19(22)21-11-10-16-7-3-4-8-17(16)12-21/h2-9H,10-14H2,1H3. The van der Waals surface area contributed by atoms with Gasteiger partial charge in [0.05, 0.1) is 5.75 Å². The molecule has 0 aromatic heterocycles. The van der Waals surface area contributed by atoms with Crippen LogP contribution in [0.4, 0.5) is 0 Å². The lowest BCUT2D eigenvalue weighted by atomic mass is 10.00. The van der Waals surface area contributed by atoms with Gasteiger partial charge < -0.3 is 9.64 Å². The Hall–Kier alpha value is -2.27. The van der Waals surface area contributed by atoms with Crippen LogP contribution >= 0.6 is 11.8 Å². The summed E-state index contributed by atoms with van der Waals surface area (Å²) in [6.07, 6.45) is 0.846. The SMILES string of the molecule is Cc1ccccc1SCC(=O)OCC(=O)N1CCc2ccccc2C1. The zero-order valence-corrected chi connectivity index (χ0v) is 15.1. The average molecular weight is 355 g/mol. The highest BCUT2D eigenvalue weighted by Crippen LogP contribution is 2.22. The van der Waals surface area contributed by atoms with Crippen LogP contribution in [0.1, 0.15) is 16.7 Å². The second kappa shape index (κ2) is 8.21. The smallest absolute Gasteiger partial charge is 0.316 e. The molecule has 0 N–H and O–H groups in total. The molecule has 0 bridgehead atoms. The van der Waals surface area contributed by atoms with Crippen molar-refractivity contribution in [3.63, 3.8) is 0 Å². The van der Waals surface area contributed by atoms with E-state index < -0.39 is 0 Å². The Bertz CT molecular complexity index is 775. The van der Waals surface area contributed by atoms with Gasteiger partial charge in [-0.25, -0.2) is 0 Å². The van der Waals surface area contributed by atoms with Gasteiger partial charge in [0.1, 0.15) is 0 Å². The molecular formula is C20H21NO3S. The Kier molecular flexibility index (Phi) is 5.76. The van der Waals surface area contributed by atoms with Crippen molar-refractivity contribution in [1.82, 2.24) is 4.90 Å². The molecule has 1 heterocycles. The van der Waals surface area contributed by atoms with E-state index in [2.05, 4.69) is 6.07 Å². The zero-order valence-electron chi connectivity index (χ0n) is 14.2. The number of amides is 1. The van der Waals surface area contributed by atoms with Crippen LogP contribution in [0.2, 0.25) is 0 Å². The molecule has 4 nitrogen and oxygen atoms in total. The number of carbonyl (C=O) groups excluding carboxylic acids is 2. The first-order valence-corrected chi connectivity index (χ1v) is 9.30. The molecule has 5 heteroatoms. The minimum Gasteiger partial charge on any atom is -0.455 e. The minimum absolute atomic E-state index is 0.135. The maximum absolute atomic E-state index is 12.3. The number of ether oxygens (including phenoxy) is 1. The van der Waals surface area contributed by atoms with E-state index in [0.29, 0.717) is 13.1 Å². The van der Waals surface area contributed by atoms with Gasteiger partial charge in [-0.3, -0.25) is 9.59 Å². The summed E-state index contributed by atoms with van der Waals surface area (Å²) in [5.74, 6) is -0.288. The monoisotopic (exact) mass is 355 g/mol. The van der Waals surface area contributed by atoms with Crippen molar-refractivity contribution in [2.45, 2.75) is 24.8 Å². The van der Waals surface area contributed by atoms with Gasteiger partial charge in [-0.1, -0.05) is 42.5 Å². The lowest BCUT2D eigenvalue weighted by Gasteiger charge is -2.28. The Labute approximate surface area is 152 Å². The largest absolute Gasteiger partial charge is 0.455 e. The summed E-state index contributed by atoms with van der Waals surface area (Å²) in [6.45, 7) is 3.08. The third-order valence-electron chi connectivity index (χ3n) is 4.28. The number of esters is 1. The van der Waals surface area contributed by atoms with Crippen molar-refractivity contribution < 1.29 is 14.3 Å². The molecule has 130 valence electrons. The first-order valence-electron chi connectivity index (χ1n) is 8.32. The quantitative estimate of drug-likeness (QED) is 0.610. The van der Waals surface area contributed by atoms with Gasteiger partial charge in [0, 0.05) is 18.0 Å². The van der Waals surface area contributed by atoms with Crippen LogP contribution in [0.5, 0.6) is 0 Å². The van der Waals surface area contributed by atoms with Crippen LogP contribution in [0.3, 0.4) is 0 Å². The zero-order chi connectivity index (χ0) is 17.6. The summed E-state index contributed by atoms with van der Waals surface area (Å²) >= 11 is 1.43. The summed E-state index contributed by atoms with van der Waals surface area (Å²) in [6, 6.07) is 16.0. The molecule has 0 saturated carbocycles. The van der Waals surface area contributed by atoms with Crippen LogP contribution in [0, 0.1) is 6.92 Å². The van der Waals surface area contributed by atoms with E-state index in [-0.39, 0.29) is 24.2 Å². The van der Waals surface area contributed by atoms with Crippen LogP contribution in [0.15, 0.2) is 53.4 Å². The molecule has 0 saturated heterocycles. The lowest BCUT2D eigenvalue weighted by molar-refractivity contribution is -0.150. The number of carbonyl (C=O) groups is 2. The summed E-state index contributed by atoms with van der Waals surface area (Å²) in [4.78, 5) is 27.0. The predicted molar refractivity (Wildman–Crippen MR) is 98.4 cm³/mol. The first-order chi connectivity index (χ1) is 12.1. The molecule has 0 fully saturated rings. The predicted octanol–water partition coefficient (Wildman–Crippen LogP) is 3.22. The Morgan fingerprint density at radius 1 is 1.08 bits per heavy atom. The fourth-order valence-corrected chi connectivity index (χ4v) is 3.67. The van der Waals surface area contributed by atoms with Crippen molar-refractivity contribution in [3.05, 3.63) is 65.2 Å². The molecule has 1 amide bonds. The second-order valence-electron chi connectivity index (χ2n) is 6.05. The van der Waals surface area contributed by atoms with E-state index in [1.807, 2.05) is 49.4 Å². The van der Waals surface area contributed by atoms with Crippen LogP contribution < -0.4 is 0 Å². The van der Waals surface area contributed by atoms with E-state index in [4.69, 9.17) is 4.74 Å². The Morgan fingerprint density at radius 2 is 1.80 bits per heavy atom. The molecule has 2 aromatic rings. The van der Waals surface area contributed by atoms with Gasteiger partial charge in [-0.15, -0.1) is 11.8 Å². The molecule has 1 aliphatic heterocycles. The topological polar surface area (TPSA) is 46.6 Å². The molecule has 25 heavy (non-hydrogen) atoms. The average Bonchev–Trinajstić information content (AvgIpc) is 2.65. The number of fused-ring (bicyclic) bond motifs is 1. The molecule has 3 rings (SSSR count). The number of aryl methyl sites for hydroxylation is 1. The van der Waals surface area contributed by atoms with Gasteiger partial charge in [0.2, 0.25) is 0 Å². The number of hydrogen-bond donors (Lipinski definition) is 0. The van der Waals surface area contributed by atoms with Crippen molar-refractivity contribution in [2.24, 2.45) is 0 Å². The molecular weight excluding hydrogens is 334 g/mol. The van der Waals surface area contributed by atoms with Crippen molar-refractivity contribution in [1.29, 1.82) is 0 Å². The molecule has 0 atom stereocenters. The summed E-state index contributed by atoms with van der Waals surface area (Å²) < 4.78 is 5.16. The highest BCUT2D eigenvalue weighted by atomic mass is 32.2. The highest BCUT2D eigenvalue weighted by molar-refractivity contribution is 8.00. The van der Waals surface area contributed by atoms with Gasteiger partial charge in [0.25, 0.3) is 5.91 Å². The first kappa shape index (κ1) is 17.5. The minimum atomic E-state index is -0.362. The summed E-state index contributed by atoms with van der Waals surface area (Å²) in [5.41, 5.74) is 3.59. The van der Waals surface area contributed by atoms with Gasteiger partial charge in [-0.2, -0.15) is 0 Å². The third kappa shape index (κ3) is 4.63. The van der Waals surface area contributed by atoms with Crippen LogP contribution in [0.25, 0.3) is 0 Å². The molecule has 1 aliphatic rings. The van der Waals surface area contributed by atoms with Crippen molar-refractivity contribution in [2.75, 3.05) is 18.9 Å². The van der Waals surface area contributed by atoms with Crippen molar-refractivity contribution in [3.8, 4) is 0 Å². The maximum Gasteiger partial charge on any atom is 0.316 e. The van der Waals surface area contributed by atoms with Gasteiger partial charge in [-0.05, 0) is 36.1 Å². The molecule has 0 radical (unpaired) electrons. The Morgan fingerprint density at radius 3 is 2.60 bits per heavy atom. The number of hydrogen-bond acceptors (Lipinski definition) is 4. The third-order valence-corrected chi connectivity index (χ3v) is 5.43. The van der Waals surface area contributed by atoms with Crippen molar-refractivity contribution >= 4 is 23.6 Å². The number of benzene rings is 2. The van der Waals surface area contributed by atoms with E-state index in [1.54, 1.807) is 4.90 Å². The van der Waals surface area contributed by atoms with E-state index in [9.17, 15) is 9.59 Å². The normalized spacial score (nSPS) is 13.2. The fraction of sp³-hybridized carbons (Fsp3) is 0.300. The fourth-order valence-electron chi connectivity index (χ4n) is 2.84. The van der Waals surface area contributed by atoms with Gasteiger partial charge >= 0.3 is 5.97 Å². The number of nitrogens with zero attached hydrogens (tertiary/aromatic N) is 1. The van der Waals surface area contributed by atoms with E-state index >= 15 is 0 Å². The summed E-state index contributed by atoms with van der Waals surface area (Å²) in [5, 5.41) is 0.